The summed E-state index contributed by atoms with van der Waals surface area (Å²) in [4.78, 5) is 11.9. The number of benzene rings is 1. The molecule has 1 amide bonds. The van der Waals surface area contributed by atoms with Gasteiger partial charge in [-0.1, -0.05) is 32.0 Å². The van der Waals surface area contributed by atoms with Crippen molar-refractivity contribution in [3.05, 3.63) is 35.4 Å². The predicted octanol–water partition coefficient (Wildman–Crippen LogP) is 2.45. The van der Waals surface area contributed by atoms with Gasteiger partial charge in [0, 0.05) is 5.56 Å². The Morgan fingerprint density at radius 3 is 2.50 bits per heavy atom. The molecular formula is C13H16N2O. The van der Waals surface area contributed by atoms with E-state index < -0.39 is 6.04 Å². The predicted molar refractivity (Wildman–Crippen MR) is 63.1 cm³/mol. The van der Waals surface area contributed by atoms with Crippen molar-refractivity contribution in [1.82, 2.24) is 5.32 Å². The first kappa shape index (κ1) is 12.3. The monoisotopic (exact) mass is 216 g/mol. The Morgan fingerprint density at radius 1 is 1.31 bits per heavy atom. The van der Waals surface area contributed by atoms with Crippen molar-refractivity contribution in [3.63, 3.8) is 0 Å². The van der Waals surface area contributed by atoms with Gasteiger partial charge in [0.15, 0.2) is 0 Å². The Kier molecular flexibility index (Phi) is 4.07. The van der Waals surface area contributed by atoms with Gasteiger partial charge < -0.3 is 5.32 Å². The fourth-order valence-corrected chi connectivity index (χ4v) is 1.51. The Balaban J connectivity index is 2.96. The van der Waals surface area contributed by atoms with Crippen LogP contribution in [0.4, 0.5) is 0 Å². The van der Waals surface area contributed by atoms with Gasteiger partial charge >= 0.3 is 0 Å². The third-order valence-corrected chi connectivity index (χ3v) is 2.37. The average molecular weight is 216 g/mol. The van der Waals surface area contributed by atoms with Crippen LogP contribution in [-0.2, 0) is 0 Å². The fraction of sp³-hybridized carbons (Fsp3) is 0.385. The van der Waals surface area contributed by atoms with Crippen molar-refractivity contribution < 1.29 is 4.79 Å². The molecule has 0 aliphatic heterocycles. The maximum atomic E-state index is 11.9. The molecule has 1 atom stereocenters. The lowest BCUT2D eigenvalue weighted by Gasteiger charge is -2.13. The van der Waals surface area contributed by atoms with Crippen LogP contribution in [0.5, 0.6) is 0 Å². The lowest BCUT2D eigenvalue weighted by Crippen LogP contribution is -2.32. The smallest absolute Gasteiger partial charge is 0.252 e. The van der Waals surface area contributed by atoms with Gasteiger partial charge in [-0.05, 0) is 24.5 Å². The maximum Gasteiger partial charge on any atom is 0.252 e. The number of hydrogen-bond acceptors (Lipinski definition) is 2. The lowest BCUT2D eigenvalue weighted by atomic mass is 9.97. The molecule has 1 unspecified atom stereocenters. The number of hydrogen-bond donors (Lipinski definition) is 1. The molecule has 0 aliphatic rings. The summed E-state index contributed by atoms with van der Waals surface area (Å²) in [6, 6.07) is 8.99. The van der Waals surface area contributed by atoms with Gasteiger partial charge in [-0.25, -0.2) is 0 Å². The SMILES string of the molecule is CC(C#N)NC(=O)c1ccccc1C(C)C. The van der Waals surface area contributed by atoms with Crippen LogP contribution in [0.25, 0.3) is 0 Å². The minimum absolute atomic E-state index is 0.182. The second-order valence-corrected chi connectivity index (χ2v) is 4.07. The first-order valence-electron chi connectivity index (χ1n) is 5.35. The zero-order valence-corrected chi connectivity index (χ0v) is 9.82. The molecule has 0 aliphatic carbocycles. The quantitative estimate of drug-likeness (QED) is 0.843. The summed E-state index contributed by atoms with van der Waals surface area (Å²) in [5, 5.41) is 11.3. The van der Waals surface area contributed by atoms with E-state index in [0.29, 0.717) is 11.5 Å². The Bertz CT molecular complexity index is 418. The molecule has 0 bridgehead atoms. The molecule has 3 nitrogen and oxygen atoms in total. The molecule has 0 spiro atoms. The highest BCUT2D eigenvalue weighted by Gasteiger charge is 2.14. The Hall–Kier alpha value is -1.82. The summed E-state index contributed by atoms with van der Waals surface area (Å²) in [6.45, 7) is 5.75. The fourth-order valence-electron chi connectivity index (χ4n) is 1.51. The third-order valence-electron chi connectivity index (χ3n) is 2.37. The van der Waals surface area contributed by atoms with Crippen LogP contribution >= 0.6 is 0 Å². The second kappa shape index (κ2) is 5.32. The molecule has 1 aromatic carbocycles. The van der Waals surface area contributed by atoms with Gasteiger partial charge in [0.05, 0.1) is 6.07 Å². The van der Waals surface area contributed by atoms with E-state index in [1.165, 1.54) is 0 Å². The minimum Gasteiger partial charge on any atom is -0.337 e. The van der Waals surface area contributed by atoms with Crippen LogP contribution in [0.1, 0.15) is 42.6 Å². The Morgan fingerprint density at radius 2 is 1.94 bits per heavy atom. The van der Waals surface area contributed by atoms with E-state index in [1.807, 2.05) is 38.1 Å². The number of carbonyl (C=O) groups is 1. The third kappa shape index (κ3) is 2.83. The summed E-state index contributed by atoms with van der Waals surface area (Å²) < 4.78 is 0. The van der Waals surface area contributed by atoms with Crippen LogP contribution in [-0.4, -0.2) is 11.9 Å². The number of nitrogens with one attached hydrogen (secondary N) is 1. The summed E-state index contributed by atoms with van der Waals surface area (Å²) in [5.74, 6) is 0.109. The number of carbonyl (C=O) groups excluding carboxylic acids is 1. The highest BCUT2D eigenvalue weighted by atomic mass is 16.1. The van der Waals surface area contributed by atoms with Crippen LogP contribution in [0, 0.1) is 11.3 Å². The van der Waals surface area contributed by atoms with E-state index in [-0.39, 0.29) is 5.91 Å². The van der Waals surface area contributed by atoms with E-state index in [9.17, 15) is 4.79 Å². The molecule has 84 valence electrons. The van der Waals surface area contributed by atoms with Gasteiger partial charge in [-0.3, -0.25) is 4.79 Å². The minimum atomic E-state index is -0.465. The molecule has 0 radical (unpaired) electrons. The first-order chi connectivity index (χ1) is 7.56. The van der Waals surface area contributed by atoms with E-state index in [1.54, 1.807) is 13.0 Å². The van der Waals surface area contributed by atoms with E-state index in [0.717, 1.165) is 5.56 Å². The molecule has 0 saturated carbocycles. The number of nitrogens with zero attached hydrogens (tertiary/aromatic N) is 1. The van der Waals surface area contributed by atoms with E-state index in [2.05, 4.69) is 5.32 Å². The second-order valence-electron chi connectivity index (χ2n) is 4.07. The van der Waals surface area contributed by atoms with Crippen molar-refractivity contribution in [3.8, 4) is 6.07 Å². The lowest BCUT2D eigenvalue weighted by molar-refractivity contribution is 0.0946. The number of nitriles is 1. The van der Waals surface area contributed by atoms with Crippen molar-refractivity contribution >= 4 is 5.91 Å². The molecule has 3 heteroatoms. The molecule has 1 N–H and O–H groups in total. The van der Waals surface area contributed by atoms with Crippen LogP contribution in [0.2, 0.25) is 0 Å². The van der Waals surface area contributed by atoms with Gasteiger partial charge in [0.2, 0.25) is 0 Å². The molecule has 1 rings (SSSR count). The standard InChI is InChI=1S/C13H16N2O/c1-9(2)11-6-4-5-7-12(11)13(16)15-10(3)8-14/h4-7,9-10H,1-3H3,(H,15,16). The zero-order valence-electron chi connectivity index (χ0n) is 9.82. The average Bonchev–Trinajstić information content (AvgIpc) is 2.28. The summed E-state index contributed by atoms with van der Waals surface area (Å²) in [6.07, 6.45) is 0. The Labute approximate surface area is 96.1 Å². The van der Waals surface area contributed by atoms with Gasteiger partial charge in [0.1, 0.15) is 6.04 Å². The molecule has 0 saturated heterocycles. The van der Waals surface area contributed by atoms with E-state index in [4.69, 9.17) is 5.26 Å². The van der Waals surface area contributed by atoms with Crippen LogP contribution < -0.4 is 5.32 Å². The van der Waals surface area contributed by atoms with Crippen LogP contribution in [0.15, 0.2) is 24.3 Å². The maximum absolute atomic E-state index is 11.9. The topological polar surface area (TPSA) is 52.9 Å². The van der Waals surface area contributed by atoms with Crippen molar-refractivity contribution in [2.75, 3.05) is 0 Å². The summed E-state index contributed by atoms with van der Waals surface area (Å²) in [7, 11) is 0. The van der Waals surface area contributed by atoms with Gasteiger partial charge in [-0.2, -0.15) is 5.26 Å². The largest absolute Gasteiger partial charge is 0.337 e. The molecule has 0 heterocycles. The molecule has 0 aromatic heterocycles. The highest BCUT2D eigenvalue weighted by molar-refractivity contribution is 5.96. The molecule has 16 heavy (non-hydrogen) atoms. The highest BCUT2D eigenvalue weighted by Crippen LogP contribution is 2.18. The molecular weight excluding hydrogens is 200 g/mol. The number of rotatable bonds is 3. The molecule has 1 aromatic rings. The van der Waals surface area contributed by atoms with E-state index >= 15 is 0 Å². The molecule has 0 fully saturated rings. The van der Waals surface area contributed by atoms with Crippen LogP contribution in [0.3, 0.4) is 0 Å². The van der Waals surface area contributed by atoms with Gasteiger partial charge in [-0.15, -0.1) is 0 Å². The normalized spacial score (nSPS) is 11.9. The first-order valence-corrected chi connectivity index (χ1v) is 5.35. The van der Waals surface area contributed by atoms with Crippen molar-refractivity contribution in [2.45, 2.75) is 32.7 Å². The van der Waals surface area contributed by atoms with Gasteiger partial charge in [0.25, 0.3) is 5.91 Å². The number of amides is 1. The zero-order chi connectivity index (χ0) is 12.1. The summed E-state index contributed by atoms with van der Waals surface area (Å²) >= 11 is 0. The summed E-state index contributed by atoms with van der Waals surface area (Å²) in [5.41, 5.74) is 1.66. The van der Waals surface area contributed by atoms with Crippen molar-refractivity contribution in [1.29, 1.82) is 5.26 Å². The van der Waals surface area contributed by atoms with Crippen molar-refractivity contribution in [2.24, 2.45) is 0 Å².